The van der Waals surface area contributed by atoms with E-state index in [4.69, 9.17) is 10.1 Å². The molecule has 2 amide bonds. The van der Waals surface area contributed by atoms with Crippen molar-refractivity contribution in [2.75, 3.05) is 24.2 Å². The van der Waals surface area contributed by atoms with Gasteiger partial charge in [-0.15, -0.1) is 0 Å². The lowest BCUT2D eigenvalue weighted by Crippen LogP contribution is -2.51. The van der Waals surface area contributed by atoms with E-state index >= 15 is 0 Å². The molecule has 1 atom stereocenters. The van der Waals surface area contributed by atoms with E-state index in [0.717, 1.165) is 5.69 Å². The Kier molecular flexibility index (Phi) is 8.63. The first-order chi connectivity index (χ1) is 13.3. The van der Waals surface area contributed by atoms with Crippen LogP contribution in [0.2, 0.25) is 0 Å². The number of urea groups is 1. The third kappa shape index (κ3) is 8.95. The molecular formula is C21H35N5O3. The zero-order valence-electron chi connectivity index (χ0n) is 18.5. The van der Waals surface area contributed by atoms with E-state index in [2.05, 4.69) is 20.9 Å². The van der Waals surface area contributed by atoms with E-state index in [1.807, 2.05) is 39.0 Å². The lowest BCUT2D eigenvalue weighted by Gasteiger charge is -2.31. The van der Waals surface area contributed by atoms with Crippen LogP contribution in [-0.4, -0.2) is 48.2 Å². The first-order valence-corrected chi connectivity index (χ1v) is 9.66. The largest absolute Gasteiger partial charge is 0.428 e. The van der Waals surface area contributed by atoms with Crippen molar-refractivity contribution in [3.05, 3.63) is 24.3 Å². The molecule has 8 heteroatoms. The number of hydrogen-bond donors (Lipinski definition) is 5. The predicted octanol–water partition coefficient (Wildman–Crippen LogP) is 3.84. The SMILES string of the molecule is C/N=C(\OC(C)=N)[C@@H](NC(=O)Nc1ccccc1NCCC(C)(C)O)C(C)(C)C. The second-order valence-electron chi connectivity index (χ2n) is 8.65. The van der Waals surface area contributed by atoms with Gasteiger partial charge in [0.15, 0.2) is 5.90 Å². The molecule has 5 N–H and O–H groups in total. The third-order valence-electron chi connectivity index (χ3n) is 4.09. The summed E-state index contributed by atoms with van der Waals surface area (Å²) in [5, 5.41) is 26.4. The molecule has 1 rings (SSSR count). The minimum atomic E-state index is -0.768. The van der Waals surface area contributed by atoms with Crippen LogP contribution in [0.1, 0.15) is 48.0 Å². The van der Waals surface area contributed by atoms with Gasteiger partial charge in [0.05, 0.1) is 17.0 Å². The van der Waals surface area contributed by atoms with E-state index in [-0.39, 0.29) is 17.2 Å². The predicted molar refractivity (Wildman–Crippen MR) is 119 cm³/mol. The molecular weight excluding hydrogens is 370 g/mol. The molecule has 0 bridgehead atoms. The summed E-state index contributed by atoms with van der Waals surface area (Å²) < 4.78 is 5.40. The molecule has 0 aliphatic rings. The smallest absolute Gasteiger partial charge is 0.319 e. The van der Waals surface area contributed by atoms with Gasteiger partial charge in [-0.3, -0.25) is 10.4 Å². The number of hydrogen-bond acceptors (Lipinski definition) is 6. The first-order valence-electron chi connectivity index (χ1n) is 9.66. The molecule has 1 aromatic carbocycles. The highest BCUT2D eigenvalue weighted by molar-refractivity contribution is 5.98. The Morgan fingerprint density at radius 2 is 1.79 bits per heavy atom. The van der Waals surface area contributed by atoms with Crippen LogP contribution in [0.3, 0.4) is 0 Å². The minimum Gasteiger partial charge on any atom is -0.428 e. The molecule has 29 heavy (non-hydrogen) atoms. The molecule has 162 valence electrons. The van der Waals surface area contributed by atoms with Crippen molar-refractivity contribution in [3.63, 3.8) is 0 Å². The Labute approximate surface area is 173 Å². The molecule has 0 saturated carbocycles. The van der Waals surface area contributed by atoms with Crippen LogP contribution < -0.4 is 16.0 Å². The molecule has 0 fully saturated rings. The summed E-state index contributed by atoms with van der Waals surface area (Å²) >= 11 is 0. The van der Waals surface area contributed by atoms with Gasteiger partial charge in [0.1, 0.15) is 6.04 Å². The van der Waals surface area contributed by atoms with Crippen molar-refractivity contribution >= 4 is 29.2 Å². The Hall–Kier alpha value is -2.61. The molecule has 0 radical (unpaired) electrons. The molecule has 0 aromatic heterocycles. The maximum absolute atomic E-state index is 12.7. The van der Waals surface area contributed by atoms with Crippen molar-refractivity contribution in [1.82, 2.24) is 5.32 Å². The number of nitrogens with zero attached hydrogens (tertiary/aromatic N) is 1. The Morgan fingerprint density at radius 1 is 1.21 bits per heavy atom. The average molecular weight is 406 g/mol. The molecule has 0 saturated heterocycles. The summed E-state index contributed by atoms with van der Waals surface area (Å²) in [6, 6.07) is 6.43. The maximum atomic E-state index is 12.7. The van der Waals surface area contributed by atoms with Gasteiger partial charge >= 0.3 is 6.03 Å². The highest BCUT2D eigenvalue weighted by Gasteiger charge is 2.32. The fourth-order valence-corrected chi connectivity index (χ4v) is 2.58. The molecule has 0 spiro atoms. The molecule has 0 aliphatic heterocycles. The van der Waals surface area contributed by atoms with Gasteiger partial charge in [-0.1, -0.05) is 32.9 Å². The monoisotopic (exact) mass is 405 g/mol. The number of ether oxygens (including phenoxy) is 1. The van der Waals surface area contributed by atoms with Gasteiger partial charge in [-0.05, 0) is 37.8 Å². The summed E-state index contributed by atoms with van der Waals surface area (Å²) in [6.07, 6.45) is 0.566. The number of amides is 2. The number of rotatable bonds is 7. The molecule has 8 nitrogen and oxygen atoms in total. The van der Waals surface area contributed by atoms with Crippen molar-refractivity contribution in [1.29, 1.82) is 5.41 Å². The highest BCUT2D eigenvalue weighted by atomic mass is 16.5. The average Bonchev–Trinajstić information content (AvgIpc) is 2.57. The second kappa shape index (κ2) is 10.2. The maximum Gasteiger partial charge on any atom is 0.319 e. The molecule has 0 unspecified atom stereocenters. The minimum absolute atomic E-state index is 0.00316. The van der Waals surface area contributed by atoms with Crippen LogP contribution in [-0.2, 0) is 4.74 Å². The van der Waals surface area contributed by atoms with Crippen molar-refractivity contribution in [2.24, 2.45) is 10.4 Å². The number of para-hydroxylation sites is 2. The molecule has 0 heterocycles. The fourth-order valence-electron chi connectivity index (χ4n) is 2.58. The summed E-state index contributed by atoms with van der Waals surface area (Å²) in [5.41, 5.74) is 0.226. The van der Waals surface area contributed by atoms with E-state index in [1.165, 1.54) is 6.92 Å². The van der Waals surface area contributed by atoms with Gasteiger partial charge in [-0.25, -0.2) is 4.79 Å². The van der Waals surface area contributed by atoms with E-state index in [0.29, 0.717) is 18.7 Å². The lowest BCUT2D eigenvalue weighted by atomic mass is 9.86. The Bertz CT molecular complexity index is 733. The van der Waals surface area contributed by atoms with Gasteiger partial charge < -0.3 is 25.8 Å². The van der Waals surface area contributed by atoms with E-state index in [1.54, 1.807) is 27.0 Å². The van der Waals surface area contributed by atoms with Crippen LogP contribution in [0, 0.1) is 10.8 Å². The second-order valence-corrected chi connectivity index (χ2v) is 8.65. The first kappa shape index (κ1) is 24.4. The Morgan fingerprint density at radius 3 is 2.28 bits per heavy atom. The number of benzene rings is 1. The van der Waals surface area contributed by atoms with Gasteiger partial charge in [0.25, 0.3) is 0 Å². The fraction of sp³-hybridized carbons (Fsp3) is 0.571. The van der Waals surface area contributed by atoms with Gasteiger partial charge in [-0.2, -0.15) is 0 Å². The highest BCUT2D eigenvalue weighted by Crippen LogP contribution is 2.24. The standard InChI is InChI=1S/C21H35N5O3/c1-14(22)29-18(23-7)17(20(2,3)4)26-19(27)25-16-11-9-8-10-15(16)24-13-12-21(5,6)28/h8-11,17,22,24,28H,12-13H2,1-7H3,(H2,25,26,27)/b22-14?,23-18-/t17-/m1/s1. The van der Waals surface area contributed by atoms with Crippen molar-refractivity contribution in [3.8, 4) is 0 Å². The summed E-state index contributed by atoms with van der Waals surface area (Å²) in [5.74, 6) is 0.278. The topological polar surface area (TPSA) is 119 Å². The van der Waals surface area contributed by atoms with Crippen LogP contribution in [0.25, 0.3) is 0 Å². The van der Waals surface area contributed by atoms with Gasteiger partial charge in [0.2, 0.25) is 5.90 Å². The van der Waals surface area contributed by atoms with E-state index in [9.17, 15) is 9.90 Å². The number of carbonyl (C=O) groups is 1. The zero-order chi connectivity index (χ0) is 22.2. The lowest BCUT2D eigenvalue weighted by molar-refractivity contribution is 0.0749. The number of aliphatic hydroxyl groups is 1. The zero-order valence-corrected chi connectivity index (χ0v) is 18.5. The summed E-state index contributed by atoms with van der Waals surface area (Å²) in [7, 11) is 1.57. The Balaban J connectivity index is 2.90. The van der Waals surface area contributed by atoms with Crippen molar-refractivity contribution in [2.45, 2.75) is 59.6 Å². The summed E-state index contributed by atoms with van der Waals surface area (Å²) in [6.45, 7) is 11.5. The third-order valence-corrected chi connectivity index (χ3v) is 4.09. The van der Waals surface area contributed by atoms with Crippen LogP contribution in [0.15, 0.2) is 29.3 Å². The van der Waals surface area contributed by atoms with Gasteiger partial charge in [0, 0.05) is 20.5 Å². The van der Waals surface area contributed by atoms with Crippen LogP contribution >= 0.6 is 0 Å². The summed E-state index contributed by atoms with van der Waals surface area (Å²) in [4.78, 5) is 16.8. The normalized spacial score (nSPS) is 13.4. The number of carbonyl (C=O) groups excluding carboxylic acids is 1. The molecule has 0 aliphatic carbocycles. The number of aliphatic imine (C=N–C) groups is 1. The van der Waals surface area contributed by atoms with E-state index < -0.39 is 17.7 Å². The molecule has 1 aromatic rings. The number of nitrogens with one attached hydrogen (secondary N) is 4. The van der Waals surface area contributed by atoms with Crippen LogP contribution in [0.5, 0.6) is 0 Å². The van der Waals surface area contributed by atoms with Crippen LogP contribution in [0.4, 0.5) is 16.2 Å². The quantitative estimate of drug-likeness (QED) is 0.350. The van der Waals surface area contributed by atoms with Crippen molar-refractivity contribution < 1.29 is 14.6 Å². The number of anilines is 2.